The standard InChI is InChI=1S/C17H16N2/c1-19-11-15-8-7-13(10-18)9-16(15)17(12-19)14-5-3-2-4-6-14/h2-9,17H,11-12H2,1H3. The molecule has 0 aromatic heterocycles. The molecule has 0 N–H and O–H groups in total. The average Bonchev–Trinajstić information content (AvgIpc) is 2.47. The monoisotopic (exact) mass is 248 g/mol. The van der Waals surface area contributed by atoms with Crippen molar-refractivity contribution in [3.63, 3.8) is 0 Å². The zero-order valence-corrected chi connectivity index (χ0v) is 11.0. The Kier molecular flexibility index (Phi) is 3.06. The topological polar surface area (TPSA) is 27.0 Å². The normalized spacial score (nSPS) is 18.6. The van der Waals surface area contributed by atoms with Gasteiger partial charge in [-0.1, -0.05) is 36.4 Å². The smallest absolute Gasteiger partial charge is 0.0991 e. The van der Waals surface area contributed by atoms with E-state index in [-0.39, 0.29) is 0 Å². The van der Waals surface area contributed by atoms with Crippen molar-refractivity contribution in [1.82, 2.24) is 4.90 Å². The van der Waals surface area contributed by atoms with Crippen LogP contribution in [0.2, 0.25) is 0 Å². The molecule has 0 spiro atoms. The summed E-state index contributed by atoms with van der Waals surface area (Å²) >= 11 is 0. The Balaban J connectivity index is 2.11. The molecule has 0 bridgehead atoms. The van der Waals surface area contributed by atoms with Crippen LogP contribution in [0.5, 0.6) is 0 Å². The lowest BCUT2D eigenvalue weighted by Gasteiger charge is -2.32. The van der Waals surface area contributed by atoms with Crippen LogP contribution in [-0.4, -0.2) is 18.5 Å². The maximum absolute atomic E-state index is 9.09. The van der Waals surface area contributed by atoms with E-state index in [1.165, 1.54) is 16.7 Å². The first kappa shape index (κ1) is 12.0. The SMILES string of the molecule is CN1Cc2ccc(C#N)cc2C(c2ccccc2)C1. The molecule has 0 fully saturated rings. The summed E-state index contributed by atoms with van der Waals surface area (Å²) in [7, 11) is 2.15. The van der Waals surface area contributed by atoms with Gasteiger partial charge >= 0.3 is 0 Å². The molecule has 1 aliphatic heterocycles. The highest BCUT2D eigenvalue weighted by Gasteiger charge is 2.24. The second-order valence-electron chi connectivity index (χ2n) is 5.19. The number of rotatable bonds is 1. The van der Waals surface area contributed by atoms with Crippen molar-refractivity contribution in [3.8, 4) is 6.07 Å². The van der Waals surface area contributed by atoms with Crippen molar-refractivity contribution < 1.29 is 0 Å². The molecule has 19 heavy (non-hydrogen) atoms. The second kappa shape index (κ2) is 4.87. The molecule has 0 aliphatic carbocycles. The Labute approximate surface area is 113 Å². The minimum absolute atomic E-state index is 0.364. The van der Waals surface area contributed by atoms with E-state index in [0.717, 1.165) is 18.7 Å². The number of nitriles is 1. The zero-order chi connectivity index (χ0) is 13.2. The fraction of sp³-hybridized carbons (Fsp3) is 0.235. The highest BCUT2D eigenvalue weighted by molar-refractivity contribution is 5.45. The van der Waals surface area contributed by atoms with Gasteiger partial charge in [0.2, 0.25) is 0 Å². The summed E-state index contributed by atoms with van der Waals surface area (Å²) in [5.74, 6) is 0.364. The fourth-order valence-corrected chi connectivity index (χ4v) is 2.87. The molecule has 0 amide bonds. The average molecular weight is 248 g/mol. The van der Waals surface area contributed by atoms with Gasteiger partial charge in [0.1, 0.15) is 0 Å². The zero-order valence-electron chi connectivity index (χ0n) is 11.0. The Hall–Kier alpha value is -2.11. The van der Waals surface area contributed by atoms with Crippen molar-refractivity contribution in [2.75, 3.05) is 13.6 Å². The molecular weight excluding hydrogens is 232 g/mol. The van der Waals surface area contributed by atoms with Crippen molar-refractivity contribution in [3.05, 3.63) is 70.8 Å². The first-order chi connectivity index (χ1) is 9.28. The molecule has 0 radical (unpaired) electrons. The van der Waals surface area contributed by atoms with Crippen LogP contribution in [0.3, 0.4) is 0 Å². The van der Waals surface area contributed by atoms with Gasteiger partial charge in [0, 0.05) is 19.0 Å². The number of likely N-dealkylation sites (N-methyl/N-ethyl adjacent to an activating group) is 1. The molecule has 0 saturated carbocycles. The largest absolute Gasteiger partial charge is 0.301 e. The molecular formula is C17H16N2. The van der Waals surface area contributed by atoms with Gasteiger partial charge in [-0.2, -0.15) is 5.26 Å². The van der Waals surface area contributed by atoms with Gasteiger partial charge in [-0.15, -0.1) is 0 Å². The van der Waals surface area contributed by atoms with Crippen LogP contribution < -0.4 is 0 Å². The van der Waals surface area contributed by atoms with E-state index in [1.807, 2.05) is 12.1 Å². The van der Waals surface area contributed by atoms with Gasteiger partial charge in [0.05, 0.1) is 11.6 Å². The van der Waals surface area contributed by atoms with Crippen molar-refractivity contribution >= 4 is 0 Å². The van der Waals surface area contributed by atoms with Gasteiger partial charge in [-0.05, 0) is 35.9 Å². The highest BCUT2D eigenvalue weighted by Crippen LogP contribution is 2.33. The first-order valence-electron chi connectivity index (χ1n) is 6.54. The first-order valence-corrected chi connectivity index (χ1v) is 6.54. The molecule has 1 atom stereocenters. The maximum atomic E-state index is 9.09. The van der Waals surface area contributed by atoms with Gasteiger partial charge in [0.15, 0.2) is 0 Å². The number of hydrogen-bond acceptors (Lipinski definition) is 2. The number of hydrogen-bond donors (Lipinski definition) is 0. The summed E-state index contributed by atoms with van der Waals surface area (Å²) in [5.41, 5.74) is 4.72. The van der Waals surface area contributed by atoms with Gasteiger partial charge in [-0.25, -0.2) is 0 Å². The fourth-order valence-electron chi connectivity index (χ4n) is 2.87. The third-order valence-electron chi connectivity index (χ3n) is 3.79. The molecule has 2 aromatic rings. The Morgan fingerprint density at radius 1 is 1.16 bits per heavy atom. The number of nitrogens with zero attached hydrogens (tertiary/aromatic N) is 2. The molecule has 3 rings (SSSR count). The molecule has 94 valence electrons. The Morgan fingerprint density at radius 3 is 2.68 bits per heavy atom. The van der Waals surface area contributed by atoms with Gasteiger partial charge < -0.3 is 4.90 Å². The third kappa shape index (κ3) is 2.25. The maximum Gasteiger partial charge on any atom is 0.0991 e. The van der Waals surface area contributed by atoms with E-state index >= 15 is 0 Å². The quantitative estimate of drug-likeness (QED) is 0.775. The van der Waals surface area contributed by atoms with E-state index in [0.29, 0.717) is 5.92 Å². The minimum atomic E-state index is 0.364. The Morgan fingerprint density at radius 2 is 1.95 bits per heavy atom. The van der Waals surface area contributed by atoms with Crippen LogP contribution >= 0.6 is 0 Å². The molecule has 1 unspecified atom stereocenters. The summed E-state index contributed by atoms with van der Waals surface area (Å²) in [6.07, 6.45) is 0. The van der Waals surface area contributed by atoms with Crippen LogP contribution in [0.4, 0.5) is 0 Å². The van der Waals surface area contributed by atoms with E-state index in [2.05, 4.69) is 54.4 Å². The summed E-state index contributed by atoms with van der Waals surface area (Å²) < 4.78 is 0. The highest BCUT2D eigenvalue weighted by atomic mass is 15.1. The summed E-state index contributed by atoms with van der Waals surface area (Å²) in [4.78, 5) is 2.34. The second-order valence-corrected chi connectivity index (χ2v) is 5.19. The van der Waals surface area contributed by atoms with Gasteiger partial charge in [-0.3, -0.25) is 0 Å². The molecule has 1 heterocycles. The minimum Gasteiger partial charge on any atom is -0.301 e. The lowest BCUT2D eigenvalue weighted by molar-refractivity contribution is 0.295. The van der Waals surface area contributed by atoms with Crippen LogP contribution in [0.15, 0.2) is 48.5 Å². The van der Waals surface area contributed by atoms with E-state index in [4.69, 9.17) is 5.26 Å². The van der Waals surface area contributed by atoms with E-state index < -0.39 is 0 Å². The van der Waals surface area contributed by atoms with Crippen LogP contribution in [0.1, 0.15) is 28.2 Å². The number of benzene rings is 2. The van der Waals surface area contributed by atoms with Crippen molar-refractivity contribution in [2.24, 2.45) is 0 Å². The Bertz CT molecular complexity index is 625. The third-order valence-corrected chi connectivity index (χ3v) is 3.79. The van der Waals surface area contributed by atoms with E-state index in [9.17, 15) is 0 Å². The molecule has 2 aromatic carbocycles. The molecule has 2 nitrogen and oxygen atoms in total. The van der Waals surface area contributed by atoms with Crippen molar-refractivity contribution in [1.29, 1.82) is 5.26 Å². The van der Waals surface area contributed by atoms with E-state index in [1.54, 1.807) is 0 Å². The van der Waals surface area contributed by atoms with Gasteiger partial charge in [0.25, 0.3) is 0 Å². The molecule has 1 aliphatic rings. The van der Waals surface area contributed by atoms with Crippen LogP contribution in [0.25, 0.3) is 0 Å². The lowest BCUT2D eigenvalue weighted by atomic mass is 9.84. The van der Waals surface area contributed by atoms with Crippen LogP contribution in [-0.2, 0) is 6.54 Å². The van der Waals surface area contributed by atoms with Crippen LogP contribution in [0, 0.1) is 11.3 Å². The van der Waals surface area contributed by atoms with Crippen molar-refractivity contribution in [2.45, 2.75) is 12.5 Å². The number of fused-ring (bicyclic) bond motifs is 1. The molecule has 2 heteroatoms. The summed E-state index contributed by atoms with van der Waals surface area (Å²) in [6, 6.07) is 18.9. The predicted molar refractivity (Wildman–Crippen MR) is 75.8 cm³/mol. The lowest BCUT2D eigenvalue weighted by Crippen LogP contribution is -2.31. The summed E-state index contributed by atoms with van der Waals surface area (Å²) in [5, 5.41) is 9.09. The predicted octanol–water partition coefficient (Wildman–Crippen LogP) is 3.14. The molecule has 0 saturated heterocycles. The summed E-state index contributed by atoms with van der Waals surface area (Å²) in [6.45, 7) is 1.97.